The number of halogens is 6. The van der Waals surface area contributed by atoms with E-state index in [4.69, 9.17) is 4.74 Å². The molecule has 38 heavy (non-hydrogen) atoms. The molecular formula is C25H25F6N3O3S. The Hall–Kier alpha value is -3.09. The summed E-state index contributed by atoms with van der Waals surface area (Å²) >= 11 is 1.24. The Morgan fingerprint density at radius 2 is 1.87 bits per heavy atom. The molecule has 1 aromatic carbocycles. The molecule has 206 valence electrons. The minimum atomic E-state index is -4.92. The summed E-state index contributed by atoms with van der Waals surface area (Å²) in [6.45, 7) is 0.725. The molecule has 1 aromatic heterocycles. The first-order valence-electron chi connectivity index (χ1n) is 11.9. The zero-order valence-corrected chi connectivity index (χ0v) is 21.1. The third kappa shape index (κ3) is 6.30. The third-order valence-electron chi connectivity index (χ3n) is 6.39. The van der Waals surface area contributed by atoms with Gasteiger partial charge in [-0.1, -0.05) is 12.1 Å². The quantitative estimate of drug-likeness (QED) is 0.308. The average molecular weight is 562 g/mol. The highest BCUT2D eigenvalue weighted by atomic mass is 32.1. The minimum absolute atomic E-state index is 0.00129. The summed E-state index contributed by atoms with van der Waals surface area (Å²) < 4.78 is 86.4. The molecule has 2 N–H and O–H groups in total. The molecule has 1 aliphatic carbocycles. The summed E-state index contributed by atoms with van der Waals surface area (Å²) in [6.07, 6.45) is -7.67. The summed E-state index contributed by atoms with van der Waals surface area (Å²) in [7, 11) is 0. The summed E-state index contributed by atoms with van der Waals surface area (Å²) in [5.74, 6) is -1.01. The van der Waals surface area contributed by atoms with Gasteiger partial charge in [0, 0.05) is 48.5 Å². The normalized spacial score (nSPS) is 20.3. The Kier molecular flexibility index (Phi) is 7.78. The molecule has 2 amide bonds. The molecule has 1 saturated carbocycles. The minimum Gasteiger partial charge on any atom is -0.494 e. The van der Waals surface area contributed by atoms with Crippen molar-refractivity contribution in [2.45, 2.75) is 62.8 Å². The van der Waals surface area contributed by atoms with Crippen LogP contribution < -0.4 is 15.4 Å². The van der Waals surface area contributed by atoms with Gasteiger partial charge in [0.05, 0.1) is 6.61 Å². The highest BCUT2D eigenvalue weighted by Gasteiger charge is 2.59. The number of nitrogens with one attached hydrogen (secondary N) is 2. The van der Waals surface area contributed by atoms with E-state index in [1.165, 1.54) is 30.4 Å². The number of carbonyl (C=O) groups excluding carboxylic acids is 2. The Labute approximate surface area is 218 Å². The fraction of sp³-hybridized carbons (Fsp3) is 0.480. The van der Waals surface area contributed by atoms with Crippen molar-refractivity contribution in [1.29, 1.82) is 0 Å². The van der Waals surface area contributed by atoms with Gasteiger partial charge < -0.3 is 15.4 Å². The van der Waals surface area contributed by atoms with E-state index < -0.39 is 42.5 Å². The predicted octanol–water partition coefficient (Wildman–Crippen LogP) is 5.61. The van der Waals surface area contributed by atoms with Crippen molar-refractivity contribution < 1.29 is 40.7 Å². The van der Waals surface area contributed by atoms with Crippen molar-refractivity contribution in [2.75, 3.05) is 13.2 Å². The van der Waals surface area contributed by atoms with Gasteiger partial charge in [-0.05, 0) is 42.9 Å². The van der Waals surface area contributed by atoms with E-state index in [9.17, 15) is 35.9 Å². The fourth-order valence-electron chi connectivity index (χ4n) is 4.22. The lowest BCUT2D eigenvalue weighted by atomic mass is 9.78. The van der Waals surface area contributed by atoms with Gasteiger partial charge >= 0.3 is 12.4 Å². The van der Waals surface area contributed by atoms with Crippen molar-refractivity contribution in [1.82, 2.24) is 15.6 Å². The molecule has 13 heteroatoms. The maximum Gasteiger partial charge on any atom is 0.416 e. The van der Waals surface area contributed by atoms with Gasteiger partial charge in [-0.2, -0.15) is 26.3 Å². The molecule has 0 unspecified atom stereocenters. The Balaban J connectivity index is 1.65. The van der Waals surface area contributed by atoms with Gasteiger partial charge in [0.25, 0.3) is 0 Å². The van der Waals surface area contributed by atoms with E-state index in [0.29, 0.717) is 10.9 Å². The van der Waals surface area contributed by atoms with Crippen LogP contribution in [-0.2, 0) is 15.1 Å². The molecule has 0 bridgehead atoms. The molecule has 0 radical (unpaired) electrons. The summed E-state index contributed by atoms with van der Waals surface area (Å²) in [5, 5.41) is 4.91. The first-order valence-corrected chi connectivity index (χ1v) is 12.7. The molecule has 1 atom stereocenters. The number of alkyl halides is 6. The lowest BCUT2D eigenvalue weighted by Gasteiger charge is -2.41. The number of hydrogen-bond acceptors (Lipinski definition) is 5. The molecule has 0 saturated heterocycles. The Morgan fingerprint density at radius 1 is 1.18 bits per heavy atom. The van der Waals surface area contributed by atoms with Crippen molar-refractivity contribution in [3.63, 3.8) is 0 Å². The summed E-state index contributed by atoms with van der Waals surface area (Å²) in [5.41, 5.74) is -2.96. The number of amides is 2. The van der Waals surface area contributed by atoms with E-state index in [1.807, 2.05) is 0 Å². The molecule has 2 aromatic rings. The molecule has 6 nitrogen and oxygen atoms in total. The van der Waals surface area contributed by atoms with Gasteiger partial charge in [-0.15, -0.1) is 11.3 Å². The molecular weight excluding hydrogens is 536 g/mol. The number of thiazole rings is 1. The molecule has 2 aliphatic rings. The number of rotatable bonds is 9. The van der Waals surface area contributed by atoms with Gasteiger partial charge in [0.2, 0.25) is 11.8 Å². The van der Waals surface area contributed by atoms with E-state index in [1.54, 1.807) is 6.20 Å². The highest BCUT2D eigenvalue weighted by molar-refractivity contribution is 7.12. The lowest BCUT2D eigenvalue weighted by molar-refractivity contribution is -0.201. The second-order valence-corrected chi connectivity index (χ2v) is 10.4. The fourth-order valence-corrected chi connectivity index (χ4v) is 5.37. The van der Waals surface area contributed by atoms with E-state index in [-0.39, 0.29) is 42.0 Å². The average Bonchev–Trinajstić information content (AvgIpc) is 3.56. The molecule has 0 spiro atoms. The monoisotopic (exact) mass is 561 g/mol. The van der Waals surface area contributed by atoms with Crippen LogP contribution in [0.3, 0.4) is 0 Å². The number of carbonyl (C=O) groups is 2. The van der Waals surface area contributed by atoms with Gasteiger partial charge in [0.15, 0.2) is 5.54 Å². The van der Waals surface area contributed by atoms with E-state index in [2.05, 4.69) is 15.6 Å². The molecule has 2 heterocycles. The number of aromatic nitrogens is 1. The van der Waals surface area contributed by atoms with Crippen LogP contribution in [0.25, 0.3) is 5.57 Å². The molecule has 4 rings (SSSR count). The zero-order chi connectivity index (χ0) is 27.7. The standard InChI is InChI=1S/C25H25F6N3O3S/c1-14(35)32-12-19-18(22-33-13-20(38-22)15-3-4-15)11-23(25(29,30)31,34-21(19)36)16-5-7-17(8-6-16)37-10-2-9-24(26,27)28/h5-8,13,15H,2-4,9-12H2,1H3,(H,32,35)(H,34,36)/t23-/m0/s1. The first-order chi connectivity index (χ1) is 17.8. The van der Waals surface area contributed by atoms with E-state index >= 15 is 0 Å². The van der Waals surface area contributed by atoms with E-state index in [0.717, 1.165) is 29.9 Å². The predicted molar refractivity (Wildman–Crippen MR) is 127 cm³/mol. The largest absolute Gasteiger partial charge is 0.494 e. The molecule has 1 fully saturated rings. The van der Waals surface area contributed by atoms with Crippen LogP contribution in [-0.4, -0.2) is 42.3 Å². The van der Waals surface area contributed by atoms with Crippen LogP contribution in [0.4, 0.5) is 26.3 Å². The van der Waals surface area contributed by atoms with Crippen LogP contribution >= 0.6 is 11.3 Å². The smallest absolute Gasteiger partial charge is 0.416 e. The third-order valence-corrected chi connectivity index (χ3v) is 7.61. The van der Waals surface area contributed by atoms with Crippen LogP contribution in [0.2, 0.25) is 0 Å². The maximum atomic E-state index is 14.7. The number of benzene rings is 1. The second-order valence-electron chi connectivity index (χ2n) is 9.33. The second kappa shape index (κ2) is 10.6. The lowest BCUT2D eigenvalue weighted by Crippen LogP contribution is -2.59. The van der Waals surface area contributed by atoms with Crippen molar-refractivity contribution in [3.8, 4) is 5.75 Å². The molecule has 1 aliphatic heterocycles. The van der Waals surface area contributed by atoms with Crippen LogP contribution in [0.1, 0.15) is 60.4 Å². The van der Waals surface area contributed by atoms with Crippen LogP contribution in [0, 0.1) is 0 Å². The summed E-state index contributed by atoms with van der Waals surface area (Å²) in [6, 6.07) is 4.74. The summed E-state index contributed by atoms with van der Waals surface area (Å²) in [4.78, 5) is 29.9. The first kappa shape index (κ1) is 27.9. The number of ether oxygens (including phenoxy) is 1. The maximum absolute atomic E-state index is 14.7. The Bertz CT molecular complexity index is 1220. The van der Waals surface area contributed by atoms with Gasteiger partial charge in [0.1, 0.15) is 10.8 Å². The van der Waals surface area contributed by atoms with Crippen molar-refractivity contribution in [2.24, 2.45) is 0 Å². The van der Waals surface area contributed by atoms with Gasteiger partial charge in [-0.3, -0.25) is 9.59 Å². The van der Waals surface area contributed by atoms with Gasteiger partial charge in [-0.25, -0.2) is 4.98 Å². The zero-order valence-electron chi connectivity index (χ0n) is 20.3. The van der Waals surface area contributed by atoms with Crippen LogP contribution in [0.5, 0.6) is 5.75 Å². The van der Waals surface area contributed by atoms with Crippen LogP contribution in [0.15, 0.2) is 36.0 Å². The van der Waals surface area contributed by atoms with Crippen molar-refractivity contribution >= 4 is 28.7 Å². The highest BCUT2D eigenvalue weighted by Crippen LogP contribution is 2.50. The number of hydrogen-bond donors (Lipinski definition) is 2. The Morgan fingerprint density at radius 3 is 2.45 bits per heavy atom. The number of nitrogens with zero attached hydrogens (tertiary/aromatic N) is 1. The topological polar surface area (TPSA) is 80.3 Å². The SMILES string of the molecule is CC(=O)NCC1=C(c2ncc(C3CC3)s2)C[C@](c2ccc(OCCCC(F)(F)F)cc2)(C(F)(F)F)NC1=O. The van der Waals surface area contributed by atoms with Crippen molar-refractivity contribution in [3.05, 3.63) is 51.5 Å².